The Morgan fingerprint density at radius 3 is 2.53 bits per heavy atom. The van der Waals surface area contributed by atoms with Crippen LogP contribution in [0.5, 0.6) is 0 Å². The highest BCUT2D eigenvalue weighted by atomic mass is 32.2. The minimum Gasteiger partial charge on any atom is -0.325 e. The van der Waals surface area contributed by atoms with Gasteiger partial charge in [-0.1, -0.05) is 34.1 Å². The summed E-state index contributed by atoms with van der Waals surface area (Å²) >= 11 is 1.80. The molecule has 0 aromatic rings. The second kappa shape index (κ2) is 6.64. The minimum atomic E-state index is 0.0225. The van der Waals surface area contributed by atoms with E-state index in [1.165, 1.54) is 0 Å². The predicted molar refractivity (Wildman–Crippen MR) is 75.1 cm³/mol. The smallest absolute Gasteiger partial charge is 0.241 e. The third-order valence-electron chi connectivity index (χ3n) is 3.62. The Morgan fingerprint density at radius 1 is 1.41 bits per heavy atom. The Kier molecular flexibility index (Phi) is 5.80. The zero-order valence-electron chi connectivity index (χ0n) is 11.7. The van der Waals surface area contributed by atoms with E-state index < -0.39 is 0 Å². The molecule has 0 aromatic carbocycles. The van der Waals surface area contributed by atoms with Crippen LogP contribution in [-0.2, 0) is 4.79 Å². The highest BCUT2D eigenvalue weighted by Crippen LogP contribution is 2.23. The molecule has 0 aromatic heterocycles. The van der Waals surface area contributed by atoms with Gasteiger partial charge in [-0.2, -0.15) is 11.8 Å². The Hall–Kier alpha value is -0.220. The first-order chi connectivity index (χ1) is 8.02. The summed E-state index contributed by atoms with van der Waals surface area (Å²) in [5, 5.41) is 3.52. The summed E-state index contributed by atoms with van der Waals surface area (Å²) in [5.74, 6) is 2.20. The van der Waals surface area contributed by atoms with Crippen LogP contribution in [0, 0.1) is 11.8 Å². The van der Waals surface area contributed by atoms with Crippen molar-refractivity contribution >= 4 is 17.7 Å². The topological polar surface area (TPSA) is 32.3 Å². The van der Waals surface area contributed by atoms with Gasteiger partial charge in [-0.05, 0) is 18.1 Å². The van der Waals surface area contributed by atoms with Crippen LogP contribution in [0.1, 0.15) is 34.1 Å². The maximum absolute atomic E-state index is 12.4. The lowest BCUT2D eigenvalue weighted by Crippen LogP contribution is -2.42. The number of carbonyl (C=O) groups is 1. The van der Waals surface area contributed by atoms with Gasteiger partial charge in [0.15, 0.2) is 0 Å². The molecule has 1 heterocycles. The molecule has 100 valence electrons. The highest BCUT2D eigenvalue weighted by Gasteiger charge is 2.41. The molecule has 3 unspecified atom stereocenters. The molecular formula is C13H26N2OS. The molecule has 4 heteroatoms. The summed E-state index contributed by atoms with van der Waals surface area (Å²) in [5.41, 5.74) is 0. The molecule has 1 aliphatic heterocycles. The Labute approximate surface area is 110 Å². The molecule has 17 heavy (non-hydrogen) atoms. The van der Waals surface area contributed by atoms with Crippen molar-refractivity contribution in [2.24, 2.45) is 11.8 Å². The van der Waals surface area contributed by atoms with Gasteiger partial charge in [0.25, 0.3) is 0 Å². The molecule has 0 aliphatic carbocycles. The fourth-order valence-corrected chi connectivity index (χ4v) is 2.67. The second-order valence-corrected chi connectivity index (χ2v) is 6.23. The molecule has 3 nitrogen and oxygen atoms in total. The van der Waals surface area contributed by atoms with Crippen LogP contribution in [-0.4, -0.2) is 41.6 Å². The molecule has 0 radical (unpaired) electrons. The van der Waals surface area contributed by atoms with E-state index in [9.17, 15) is 4.79 Å². The summed E-state index contributed by atoms with van der Waals surface area (Å²) < 4.78 is 0. The Morgan fingerprint density at radius 2 is 2.06 bits per heavy atom. The second-order valence-electron chi connectivity index (χ2n) is 5.24. The molecule has 0 bridgehead atoms. The maximum atomic E-state index is 12.4. The van der Waals surface area contributed by atoms with Gasteiger partial charge >= 0.3 is 0 Å². The molecule has 0 saturated carbocycles. The zero-order chi connectivity index (χ0) is 13.0. The lowest BCUT2D eigenvalue weighted by Gasteiger charge is -2.26. The van der Waals surface area contributed by atoms with E-state index in [4.69, 9.17) is 0 Å². The summed E-state index contributed by atoms with van der Waals surface area (Å²) in [7, 11) is 0. The molecule has 3 atom stereocenters. The van der Waals surface area contributed by atoms with Crippen molar-refractivity contribution in [3.8, 4) is 0 Å². The van der Waals surface area contributed by atoms with Crippen molar-refractivity contribution in [3.05, 3.63) is 0 Å². The van der Waals surface area contributed by atoms with Gasteiger partial charge in [0.1, 0.15) is 0 Å². The number of amides is 1. The van der Waals surface area contributed by atoms with Crippen molar-refractivity contribution in [2.45, 2.75) is 46.3 Å². The maximum Gasteiger partial charge on any atom is 0.241 e. The monoisotopic (exact) mass is 258 g/mol. The van der Waals surface area contributed by atoms with Crippen LogP contribution in [0.3, 0.4) is 0 Å². The van der Waals surface area contributed by atoms with Crippen LogP contribution in [0.4, 0.5) is 0 Å². The third kappa shape index (κ3) is 3.38. The highest BCUT2D eigenvalue weighted by molar-refractivity contribution is 7.98. The largest absolute Gasteiger partial charge is 0.325 e. The van der Waals surface area contributed by atoms with Gasteiger partial charge in [-0.3, -0.25) is 10.1 Å². The minimum absolute atomic E-state index is 0.0225. The lowest BCUT2D eigenvalue weighted by molar-refractivity contribution is -0.131. The van der Waals surface area contributed by atoms with E-state index in [1.54, 1.807) is 11.8 Å². The molecule has 1 amide bonds. The van der Waals surface area contributed by atoms with Crippen LogP contribution < -0.4 is 5.32 Å². The van der Waals surface area contributed by atoms with Crippen molar-refractivity contribution in [2.75, 3.05) is 18.6 Å². The normalized spacial score (nSPS) is 26.9. The van der Waals surface area contributed by atoms with E-state index in [1.807, 2.05) is 4.90 Å². The van der Waals surface area contributed by atoms with Gasteiger partial charge in [0.05, 0.1) is 12.2 Å². The molecule has 1 aliphatic rings. The van der Waals surface area contributed by atoms with Crippen molar-refractivity contribution < 1.29 is 4.79 Å². The van der Waals surface area contributed by atoms with Gasteiger partial charge in [-0.25, -0.2) is 0 Å². The van der Waals surface area contributed by atoms with Crippen molar-refractivity contribution in [1.29, 1.82) is 0 Å². The third-order valence-corrected chi connectivity index (χ3v) is 4.21. The van der Waals surface area contributed by atoms with E-state index in [2.05, 4.69) is 39.3 Å². The quantitative estimate of drug-likeness (QED) is 0.792. The van der Waals surface area contributed by atoms with Crippen LogP contribution >= 0.6 is 11.8 Å². The first-order valence-electron chi connectivity index (χ1n) is 6.58. The first kappa shape index (κ1) is 14.8. The van der Waals surface area contributed by atoms with Gasteiger partial charge in [0.2, 0.25) is 5.91 Å². The molecular weight excluding hydrogens is 232 g/mol. The molecule has 0 spiro atoms. The standard InChI is InChI=1S/C13H26N2OS/c1-6-10(4)11-13(16)15(7-8-17-5)12(14-11)9(2)3/h9-12,14H,6-8H2,1-5H3. The average molecular weight is 258 g/mol. The van der Waals surface area contributed by atoms with Crippen LogP contribution in [0.2, 0.25) is 0 Å². The Bertz CT molecular complexity index is 258. The summed E-state index contributed by atoms with van der Waals surface area (Å²) in [6.45, 7) is 9.52. The Balaban J connectivity index is 2.74. The number of rotatable bonds is 6. The summed E-state index contributed by atoms with van der Waals surface area (Å²) in [6.07, 6.45) is 3.35. The van der Waals surface area contributed by atoms with Crippen LogP contribution in [0.25, 0.3) is 0 Å². The SMILES string of the molecule is CCC(C)C1NC(C(C)C)N(CCSC)C1=O. The number of carbonyl (C=O) groups excluding carboxylic acids is 1. The number of hydrogen-bond donors (Lipinski definition) is 1. The number of thioether (sulfide) groups is 1. The van der Waals surface area contributed by atoms with Crippen LogP contribution in [0.15, 0.2) is 0 Å². The van der Waals surface area contributed by atoms with Gasteiger partial charge < -0.3 is 4.90 Å². The lowest BCUT2D eigenvalue weighted by atomic mass is 9.99. The number of nitrogens with zero attached hydrogens (tertiary/aromatic N) is 1. The van der Waals surface area contributed by atoms with E-state index in [0.29, 0.717) is 17.7 Å². The first-order valence-corrected chi connectivity index (χ1v) is 7.97. The molecule has 1 saturated heterocycles. The van der Waals surface area contributed by atoms with E-state index >= 15 is 0 Å². The van der Waals surface area contributed by atoms with Crippen molar-refractivity contribution in [3.63, 3.8) is 0 Å². The number of nitrogens with one attached hydrogen (secondary N) is 1. The molecule has 1 N–H and O–H groups in total. The fraction of sp³-hybridized carbons (Fsp3) is 0.923. The van der Waals surface area contributed by atoms with Crippen molar-refractivity contribution in [1.82, 2.24) is 10.2 Å². The number of hydrogen-bond acceptors (Lipinski definition) is 3. The summed E-state index contributed by atoms with van der Waals surface area (Å²) in [4.78, 5) is 14.4. The average Bonchev–Trinajstić information content (AvgIpc) is 2.63. The van der Waals surface area contributed by atoms with E-state index in [0.717, 1.165) is 18.7 Å². The fourth-order valence-electron chi connectivity index (χ4n) is 2.30. The predicted octanol–water partition coefficient (Wildman–Crippen LogP) is 2.18. The van der Waals surface area contributed by atoms with Gasteiger partial charge in [0, 0.05) is 12.3 Å². The van der Waals surface area contributed by atoms with E-state index in [-0.39, 0.29) is 12.2 Å². The molecule has 1 rings (SSSR count). The zero-order valence-corrected chi connectivity index (χ0v) is 12.5. The summed E-state index contributed by atoms with van der Waals surface area (Å²) in [6, 6.07) is 0.0225. The van der Waals surface area contributed by atoms with Gasteiger partial charge in [-0.15, -0.1) is 0 Å². The molecule has 1 fully saturated rings.